The lowest BCUT2D eigenvalue weighted by Crippen LogP contribution is -2.14. The lowest BCUT2D eigenvalue weighted by Gasteiger charge is -2.13. The second-order valence-corrected chi connectivity index (χ2v) is 9.23. The summed E-state index contributed by atoms with van der Waals surface area (Å²) in [6.45, 7) is 1.94. The molecule has 0 aliphatic rings. The van der Waals surface area contributed by atoms with Crippen LogP contribution in [0.25, 0.3) is 33.5 Å². The summed E-state index contributed by atoms with van der Waals surface area (Å²) in [5, 5.41) is 0.847. The van der Waals surface area contributed by atoms with Crippen LogP contribution in [-0.4, -0.2) is 17.4 Å². The highest BCUT2D eigenvalue weighted by molar-refractivity contribution is 7.90. The first-order valence-corrected chi connectivity index (χ1v) is 11.4. The molecule has 0 amide bonds. The third-order valence-corrected chi connectivity index (χ3v) is 7.05. The predicted molar refractivity (Wildman–Crippen MR) is 124 cm³/mol. The number of aromatic nitrogens is 2. The van der Waals surface area contributed by atoms with Crippen LogP contribution in [-0.2, 0) is 10.0 Å². The Morgan fingerprint density at radius 2 is 1.39 bits per heavy atom. The molecule has 0 saturated heterocycles. The highest BCUT2D eigenvalue weighted by Crippen LogP contribution is 2.32. The minimum absolute atomic E-state index is 0.250. The summed E-state index contributed by atoms with van der Waals surface area (Å²) in [7, 11) is -3.82. The molecule has 0 atom stereocenters. The van der Waals surface area contributed by atoms with Gasteiger partial charge in [0.1, 0.15) is 0 Å². The molecule has 0 saturated carbocycles. The Hall–Kier alpha value is -3.70. The van der Waals surface area contributed by atoms with E-state index in [1.54, 1.807) is 12.1 Å². The highest BCUT2D eigenvalue weighted by atomic mass is 32.2. The molecule has 0 spiro atoms. The summed E-state index contributed by atoms with van der Waals surface area (Å²) in [4.78, 5) is 5.06. The zero-order valence-corrected chi connectivity index (χ0v) is 17.8. The van der Waals surface area contributed by atoms with E-state index in [2.05, 4.69) is 0 Å². The van der Waals surface area contributed by atoms with E-state index in [1.807, 2.05) is 97.9 Å². The number of rotatable bonds is 4. The van der Waals surface area contributed by atoms with Gasteiger partial charge in [-0.15, -0.1) is 0 Å². The first kappa shape index (κ1) is 19.3. The third-order valence-electron chi connectivity index (χ3n) is 5.31. The van der Waals surface area contributed by atoms with E-state index in [0.717, 1.165) is 22.2 Å². The number of fused-ring (bicyclic) bond motifs is 1. The van der Waals surface area contributed by atoms with Crippen LogP contribution in [0.3, 0.4) is 0 Å². The Kier molecular flexibility index (Phi) is 4.68. The molecule has 0 fully saturated rings. The van der Waals surface area contributed by atoms with Crippen molar-refractivity contribution in [2.75, 3.05) is 0 Å². The number of pyridine rings is 1. The average molecular weight is 425 g/mol. The maximum Gasteiger partial charge on any atom is 0.268 e. The Labute approximate surface area is 181 Å². The molecule has 0 N–H and O–H groups in total. The number of benzene rings is 3. The van der Waals surface area contributed by atoms with Crippen molar-refractivity contribution in [1.82, 2.24) is 8.96 Å². The molecule has 152 valence electrons. The predicted octanol–water partition coefficient (Wildman–Crippen LogP) is 5.92. The Morgan fingerprint density at radius 1 is 0.710 bits per heavy atom. The standard InChI is InChI=1S/C26H20N2O2S/c1-19-14-16-22(17-15-19)31(29,30)28-25-13-6-5-10-21(25)18-26(28)24-12-7-11-23(27-24)20-8-3-2-4-9-20/h2-18H,1H3. The number of nitrogens with zero attached hydrogens (tertiary/aromatic N) is 2. The van der Waals surface area contributed by atoms with Gasteiger partial charge in [0.15, 0.2) is 0 Å². The molecule has 0 unspecified atom stereocenters. The molecule has 0 aliphatic carbocycles. The summed E-state index contributed by atoms with van der Waals surface area (Å²) < 4.78 is 28.8. The maximum absolute atomic E-state index is 13.7. The van der Waals surface area contributed by atoms with Crippen LogP contribution < -0.4 is 0 Å². The molecule has 0 radical (unpaired) electrons. The van der Waals surface area contributed by atoms with Gasteiger partial charge in [0.2, 0.25) is 0 Å². The van der Waals surface area contributed by atoms with Crippen LogP contribution in [0, 0.1) is 6.92 Å². The van der Waals surface area contributed by atoms with Crippen molar-refractivity contribution in [2.24, 2.45) is 0 Å². The molecule has 31 heavy (non-hydrogen) atoms. The summed E-state index contributed by atoms with van der Waals surface area (Å²) in [6, 6.07) is 31.9. The molecule has 5 aromatic rings. The number of hydrogen-bond donors (Lipinski definition) is 0. The van der Waals surface area contributed by atoms with Gasteiger partial charge < -0.3 is 0 Å². The van der Waals surface area contributed by atoms with Crippen LogP contribution >= 0.6 is 0 Å². The molecule has 5 rings (SSSR count). The van der Waals surface area contributed by atoms with Gasteiger partial charge in [0.25, 0.3) is 10.0 Å². The lowest BCUT2D eigenvalue weighted by molar-refractivity contribution is 0.589. The Morgan fingerprint density at radius 3 is 2.16 bits per heavy atom. The molecule has 3 aromatic carbocycles. The van der Waals surface area contributed by atoms with Gasteiger partial charge in [-0.1, -0.05) is 72.3 Å². The smallest absolute Gasteiger partial charge is 0.246 e. The first-order valence-electron chi connectivity index (χ1n) is 10.00. The van der Waals surface area contributed by atoms with Crippen molar-refractivity contribution < 1.29 is 8.42 Å². The van der Waals surface area contributed by atoms with Crippen LogP contribution in [0.2, 0.25) is 0 Å². The van der Waals surface area contributed by atoms with Gasteiger partial charge in [-0.05, 0) is 43.3 Å². The molecule has 2 heterocycles. The Bertz CT molecular complexity index is 1490. The van der Waals surface area contributed by atoms with E-state index in [-0.39, 0.29) is 4.90 Å². The zero-order valence-electron chi connectivity index (χ0n) is 16.9. The van der Waals surface area contributed by atoms with Gasteiger partial charge in [0.05, 0.1) is 27.5 Å². The fourth-order valence-corrected chi connectivity index (χ4v) is 5.25. The minimum atomic E-state index is -3.82. The normalized spacial score (nSPS) is 11.6. The molecule has 2 aromatic heterocycles. The fraction of sp³-hybridized carbons (Fsp3) is 0.0385. The summed E-state index contributed by atoms with van der Waals surface area (Å²) in [6.07, 6.45) is 0. The van der Waals surface area contributed by atoms with Crippen molar-refractivity contribution in [2.45, 2.75) is 11.8 Å². The number of hydrogen-bond acceptors (Lipinski definition) is 3. The molecule has 4 nitrogen and oxygen atoms in total. The number of para-hydroxylation sites is 1. The molecule has 0 aliphatic heterocycles. The van der Waals surface area contributed by atoms with E-state index in [4.69, 9.17) is 4.98 Å². The van der Waals surface area contributed by atoms with E-state index in [1.165, 1.54) is 3.97 Å². The van der Waals surface area contributed by atoms with E-state index in [0.29, 0.717) is 16.9 Å². The van der Waals surface area contributed by atoms with Crippen LogP contribution in [0.5, 0.6) is 0 Å². The molecule has 0 bridgehead atoms. The third kappa shape index (κ3) is 3.43. The molecular weight excluding hydrogens is 404 g/mol. The van der Waals surface area contributed by atoms with E-state index >= 15 is 0 Å². The van der Waals surface area contributed by atoms with Crippen molar-refractivity contribution in [3.05, 3.63) is 109 Å². The Balaban J connectivity index is 1.75. The molecular formula is C26H20N2O2S. The van der Waals surface area contributed by atoms with Crippen molar-refractivity contribution >= 4 is 20.9 Å². The van der Waals surface area contributed by atoms with Crippen molar-refractivity contribution in [3.63, 3.8) is 0 Å². The van der Waals surface area contributed by atoms with Gasteiger partial charge in [-0.3, -0.25) is 0 Å². The first-order chi connectivity index (χ1) is 15.0. The average Bonchev–Trinajstić information content (AvgIpc) is 3.21. The maximum atomic E-state index is 13.7. The van der Waals surface area contributed by atoms with E-state index < -0.39 is 10.0 Å². The highest BCUT2D eigenvalue weighted by Gasteiger charge is 2.24. The monoisotopic (exact) mass is 424 g/mol. The van der Waals surface area contributed by atoms with Crippen molar-refractivity contribution in [1.29, 1.82) is 0 Å². The largest absolute Gasteiger partial charge is 0.268 e. The van der Waals surface area contributed by atoms with Gasteiger partial charge >= 0.3 is 0 Å². The lowest BCUT2D eigenvalue weighted by atomic mass is 10.1. The SMILES string of the molecule is Cc1ccc(S(=O)(=O)n2c(-c3cccc(-c4ccccc4)n3)cc3ccccc32)cc1. The quantitative estimate of drug-likeness (QED) is 0.360. The summed E-state index contributed by atoms with van der Waals surface area (Å²) >= 11 is 0. The number of aryl methyl sites for hydroxylation is 1. The van der Waals surface area contributed by atoms with Gasteiger partial charge in [-0.2, -0.15) is 0 Å². The summed E-state index contributed by atoms with van der Waals surface area (Å²) in [5.74, 6) is 0. The minimum Gasteiger partial charge on any atom is -0.246 e. The second-order valence-electron chi connectivity index (χ2n) is 7.44. The van der Waals surface area contributed by atoms with Gasteiger partial charge in [0, 0.05) is 10.9 Å². The fourth-order valence-electron chi connectivity index (χ4n) is 3.73. The zero-order chi connectivity index (χ0) is 21.4. The van der Waals surface area contributed by atoms with Gasteiger partial charge in [-0.25, -0.2) is 17.4 Å². The van der Waals surface area contributed by atoms with Crippen LogP contribution in [0.15, 0.2) is 108 Å². The second kappa shape index (κ2) is 7.52. The topological polar surface area (TPSA) is 52.0 Å². The van der Waals surface area contributed by atoms with E-state index in [9.17, 15) is 8.42 Å². The van der Waals surface area contributed by atoms with Crippen molar-refractivity contribution in [3.8, 4) is 22.6 Å². The molecule has 5 heteroatoms. The van der Waals surface area contributed by atoms with Crippen LogP contribution in [0.4, 0.5) is 0 Å². The summed E-state index contributed by atoms with van der Waals surface area (Å²) in [5.41, 5.74) is 4.56. The van der Waals surface area contributed by atoms with Crippen LogP contribution in [0.1, 0.15) is 5.56 Å².